The molecule has 1 aromatic carbocycles. The van der Waals surface area contributed by atoms with Gasteiger partial charge in [0.2, 0.25) is 0 Å². The molecule has 1 amide bonds. The Balaban J connectivity index is 1.93. The van der Waals surface area contributed by atoms with Crippen molar-refractivity contribution >= 4 is 16.9 Å². The Bertz CT molecular complexity index is 581. The molecule has 2 unspecified atom stereocenters. The zero-order chi connectivity index (χ0) is 12.7. The first-order chi connectivity index (χ1) is 8.66. The van der Waals surface area contributed by atoms with E-state index in [9.17, 15) is 15.0 Å². The van der Waals surface area contributed by atoms with Gasteiger partial charge in [0.15, 0.2) is 0 Å². The van der Waals surface area contributed by atoms with Gasteiger partial charge in [-0.1, -0.05) is 18.2 Å². The zero-order valence-electron chi connectivity index (χ0n) is 9.61. The fourth-order valence-electron chi connectivity index (χ4n) is 2.25. The molecule has 1 fully saturated rings. The summed E-state index contributed by atoms with van der Waals surface area (Å²) in [7, 11) is 0. The average molecular weight is 247 g/mol. The van der Waals surface area contributed by atoms with Crippen LogP contribution >= 0.6 is 0 Å². The molecule has 18 heavy (non-hydrogen) atoms. The van der Waals surface area contributed by atoms with Crippen LogP contribution in [0.15, 0.2) is 34.9 Å². The highest BCUT2D eigenvalue weighted by atomic mass is 16.3. The number of nitrogens with zero attached hydrogens (tertiary/aromatic N) is 1. The molecule has 1 saturated heterocycles. The van der Waals surface area contributed by atoms with Crippen LogP contribution in [0.4, 0.5) is 0 Å². The number of carbonyl (C=O) groups excluding carboxylic acids is 1. The fraction of sp³-hybridized carbons (Fsp3) is 0.308. The van der Waals surface area contributed by atoms with E-state index in [1.54, 1.807) is 6.07 Å². The van der Waals surface area contributed by atoms with Crippen molar-refractivity contribution in [1.29, 1.82) is 0 Å². The van der Waals surface area contributed by atoms with Gasteiger partial charge in [-0.15, -0.1) is 0 Å². The fourth-order valence-corrected chi connectivity index (χ4v) is 2.25. The lowest BCUT2D eigenvalue weighted by Gasteiger charge is -2.14. The predicted octanol–water partition coefficient (Wildman–Crippen LogP) is 0.610. The molecule has 3 rings (SSSR count). The van der Waals surface area contributed by atoms with Crippen molar-refractivity contribution in [3.8, 4) is 0 Å². The minimum atomic E-state index is -0.868. The molecule has 2 N–H and O–H groups in total. The van der Waals surface area contributed by atoms with Gasteiger partial charge < -0.3 is 19.5 Å². The second-order valence-electron chi connectivity index (χ2n) is 4.49. The Kier molecular flexibility index (Phi) is 2.57. The lowest BCUT2D eigenvalue weighted by molar-refractivity contribution is 0.0572. The Hall–Kier alpha value is -1.85. The van der Waals surface area contributed by atoms with E-state index in [1.807, 2.05) is 18.2 Å². The summed E-state index contributed by atoms with van der Waals surface area (Å²) in [4.78, 5) is 13.7. The monoisotopic (exact) mass is 247 g/mol. The molecule has 1 aliphatic rings. The van der Waals surface area contributed by atoms with Crippen molar-refractivity contribution in [2.24, 2.45) is 0 Å². The minimum absolute atomic E-state index is 0.152. The molecule has 94 valence electrons. The van der Waals surface area contributed by atoms with E-state index in [1.165, 1.54) is 11.2 Å². The average Bonchev–Trinajstić information content (AvgIpc) is 2.93. The molecule has 0 aliphatic carbocycles. The number of benzene rings is 1. The number of aliphatic hydroxyl groups is 2. The van der Waals surface area contributed by atoms with Crippen molar-refractivity contribution in [2.45, 2.75) is 12.2 Å². The highest BCUT2D eigenvalue weighted by molar-refractivity contribution is 6.06. The number of carbonyl (C=O) groups is 1. The van der Waals surface area contributed by atoms with Crippen LogP contribution < -0.4 is 0 Å². The first kappa shape index (κ1) is 11.3. The number of likely N-dealkylation sites (tertiary alicyclic amines) is 1. The summed E-state index contributed by atoms with van der Waals surface area (Å²) in [5.41, 5.74) is 1.12. The number of β-amino-alcohol motifs (C(OH)–C–C–N with tert-alkyl or cyclic N) is 2. The number of furan rings is 1. The number of hydrogen-bond acceptors (Lipinski definition) is 4. The van der Waals surface area contributed by atoms with E-state index in [2.05, 4.69) is 0 Å². The van der Waals surface area contributed by atoms with Crippen molar-refractivity contribution in [1.82, 2.24) is 4.90 Å². The minimum Gasteiger partial charge on any atom is -0.463 e. The summed E-state index contributed by atoms with van der Waals surface area (Å²) in [5.74, 6) is -0.226. The lowest BCUT2D eigenvalue weighted by Crippen LogP contribution is -2.29. The van der Waals surface area contributed by atoms with E-state index in [4.69, 9.17) is 4.42 Å². The van der Waals surface area contributed by atoms with Gasteiger partial charge in [0.25, 0.3) is 5.91 Å². The Morgan fingerprint density at radius 2 is 1.89 bits per heavy atom. The molecule has 0 bridgehead atoms. The van der Waals surface area contributed by atoms with Gasteiger partial charge in [-0.05, 0) is 6.07 Å². The van der Waals surface area contributed by atoms with Gasteiger partial charge in [-0.25, -0.2) is 0 Å². The molecule has 0 radical (unpaired) electrons. The highest BCUT2D eigenvalue weighted by Gasteiger charge is 2.33. The van der Waals surface area contributed by atoms with Crippen molar-refractivity contribution < 1.29 is 19.4 Å². The third kappa shape index (κ3) is 1.68. The molecule has 5 nitrogen and oxygen atoms in total. The van der Waals surface area contributed by atoms with Gasteiger partial charge in [-0.3, -0.25) is 4.79 Å². The first-order valence-corrected chi connectivity index (χ1v) is 5.78. The quantitative estimate of drug-likeness (QED) is 0.774. The molecular formula is C13H13NO4. The summed E-state index contributed by atoms with van der Waals surface area (Å²) >= 11 is 0. The number of fused-ring (bicyclic) bond motifs is 1. The Morgan fingerprint density at radius 3 is 2.61 bits per heavy atom. The van der Waals surface area contributed by atoms with Crippen LogP contribution in [0.3, 0.4) is 0 Å². The number of hydrogen-bond donors (Lipinski definition) is 2. The molecule has 0 spiro atoms. The molecule has 5 heteroatoms. The highest BCUT2D eigenvalue weighted by Crippen LogP contribution is 2.23. The van der Waals surface area contributed by atoms with E-state index in [0.29, 0.717) is 11.1 Å². The van der Waals surface area contributed by atoms with E-state index < -0.39 is 12.2 Å². The van der Waals surface area contributed by atoms with E-state index in [-0.39, 0.29) is 19.0 Å². The number of aliphatic hydroxyl groups excluding tert-OH is 2. The largest absolute Gasteiger partial charge is 0.463 e. The van der Waals surface area contributed by atoms with E-state index in [0.717, 1.165) is 5.39 Å². The van der Waals surface area contributed by atoms with Crippen molar-refractivity contribution in [3.05, 3.63) is 36.1 Å². The topological polar surface area (TPSA) is 73.9 Å². The van der Waals surface area contributed by atoms with Crippen LogP contribution in [0, 0.1) is 0 Å². The van der Waals surface area contributed by atoms with Crippen LogP contribution in [0.1, 0.15) is 10.4 Å². The summed E-state index contributed by atoms with van der Waals surface area (Å²) in [6, 6.07) is 7.28. The second-order valence-corrected chi connectivity index (χ2v) is 4.49. The first-order valence-electron chi connectivity index (χ1n) is 5.78. The van der Waals surface area contributed by atoms with Crippen LogP contribution in [0.2, 0.25) is 0 Å². The lowest BCUT2D eigenvalue weighted by atomic mass is 10.1. The molecule has 1 aromatic heterocycles. The number of para-hydroxylation sites is 1. The molecular weight excluding hydrogens is 234 g/mol. The Morgan fingerprint density at radius 1 is 1.22 bits per heavy atom. The maximum absolute atomic E-state index is 12.3. The normalized spacial score (nSPS) is 23.8. The summed E-state index contributed by atoms with van der Waals surface area (Å²) in [5, 5.41) is 19.7. The smallest absolute Gasteiger partial charge is 0.257 e. The molecule has 0 saturated carbocycles. The van der Waals surface area contributed by atoms with Crippen LogP contribution in [0.5, 0.6) is 0 Å². The molecule has 1 aliphatic heterocycles. The summed E-state index contributed by atoms with van der Waals surface area (Å²) in [6.45, 7) is 0.305. The molecule has 2 aromatic rings. The zero-order valence-corrected chi connectivity index (χ0v) is 9.61. The number of rotatable bonds is 1. The summed E-state index contributed by atoms with van der Waals surface area (Å²) < 4.78 is 5.31. The SMILES string of the molecule is O=C(c1coc2ccccc12)N1CC(O)C(O)C1. The van der Waals surface area contributed by atoms with Gasteiger partial charge in [-0.2, -0.15) is 0 Å². The second kappa shape index (κ2) is 4.12. The molecule has 2 atom stereocenters. The third-order valence-corrected chi connectivity index (χ3v) is 3.26. The van der Waals surface area contributed by atoms with Crippen LogP contribution in [-0.2, 0) is 0 Å². The number of amides is 1. The maximum atomic E-state index is 12.3. The van der Waals surface area contributed by atoms with Crippen molar-refractivity contribution in [2.75, 3.05) is 13.1 Å². The van der Waals surface area contributed by atoms with Gasteiger partial charge in [0.1, 0.15) is 11.8 Å². The molecule has 2 heterocycles. The van der Waals surface area contributed by atoms with E-state index >= 15 is 0 Å². The predicted molar refractivity (Wildman–Crippen MR) is 64.1 cm³/mol. The van der Waals surface area contributed by atoms with Crippen LogP contribution in [-0.4, -0.2) is 46.3 Å². The standard InChI is InChI=1S/C13H13NO4/c15-10-5-14(6-11(10)16)13(17)9-7-18-12-4-2-1-3-8(9)12/h1-4,7,10-11,15-16H,5-6H2. The van der Waals surface area contributed by atoms with Gasteiger partial charge in [0, 0.05) is 18.5 Å². The van der Waals surface area contributed by atoms with Gasteiger partial charge >= 0.3 is 0 Å². The van der Waals surface area contributed by atoms with Gasteiger partial charge in [0.05, 0.1) is 17.8 Å². The third-order valence-electron chi connectivity index (χ3n) is 3.26. The Labute approximate surface area is 103 Å². The maximum Gasteiger partial charge on any atom is 0.257 e. The summed E-state index contributed by atoms with van der Waals surface area (Å²) in [6.07, 6.45) is -0.316. The van der Waals surface area contributed by atoms with Crippen LogP contribution in [0.25, 0.3) is 11.0 Å². The van der Waals surface area contributed by atoms with Crippen molar-refractivity contribution in [3.63, 3.8) is 0 Å².